The van der Waals surface area contributed by atoms with Gasteiger partial charge in [-0.2, -0.15) is 0 Å². The van der Waals surface area contributed by atoms with Crippen molar-refractivity contribution in [3.63, 3.8) is 0 Å². The third-order valence-electron chi connectivity index (χ3n) is 4.27. The molecular formula is C18H20N4OS. The van der Waals surface area contributed by atoms with Crippen molar-refractivity contribution in [1.82, 2.24) is 14.9 Å². The minimum atomic E-state index is 0.330. The Kier molecular flexibility index (Phi) is 4.18. The lowest BCUT2D eigenvalue weighted by atomic mass is 10.1. The molecule has 5 nitrogen and oxygen atoms in total. The van der Waals surface area contributed by atoms with E-state index in [1.165, 1.54) is 10.4 Å². The van der Waals surface area contributed by atoms with E-state index in [4.69, 9.17) is 10.5 Å². The first-order valence-corrected chi connectivity index (χ1v) is 8.94. The molecule has 6 heteroatoms. The molecule has 1 fully saturated rings. The van der Waals surface area contributed by atoms with Gasteiger partial charge in [0.15, 0.2) is 0 Å². The van der Waals surface area contributed by atoms with Crippen LogP contribution in [-0.2, 0) is 11.3 Å². The SMILES string of the molecule is Cc1cc2c(-c3ccc(CN4CCOCC4)cc3)nc(N)nc2s1. The summed E-state index contributed by atoms with van der Waals surface area (Å²) in [5.74, 6) is 0.330. The van der Waals surface area contributed by atoms with Crippen molar-refractivity contribution in [2.75, 3.05) is 32.0 Å². The van der Waals surface area contributed by atoms with E-state index in [0.29, 0.717) is 5.95 Å². The second kappa shape index (κ2) is 6.47. The van der Waals surface area contributed by atoms with Gasteiger partial charge in [-0.3, -0.25) is 4.90 Å². The van der Waals surface area contributed by atoms with Crippen LogP contribution in [0.1, 0.15) is 10.4 Å². The molecule has 0 unspecified atom stereocenters. The lowest BCUT2D eigenvalue weighted by molar-refractivity contribution is 0.0342. The third-order valence-corrected chi connectivity index (χ3v) is 5.21. The van der Waals surface area contributed by atoms with Crippen LogP contribution in [0.3, 0.4) is 0 Å². The molecule has 0 atom stereocenters. The molecule has 1 aromatic carbocycles. The predicted molar refractivity (Wildman–Crippen MR) is 98.1 cm³/mol. The van der Waals surface area contributed by atoms with Gasteiger partial charge in [-0.1, -0.05) is 24.3 Å². The molecule has 2 N–H and O–H groups in total. The van der Waals surface area contributed by atoms with E-state index in [2.05, 4.69) is 52.1 Å². The molecule has 1 aliphatic rings. The van der Waals surface area contributed by atoms with E-state index >= 15 is 0 Å². The van der Waals surface area contributed by atoms with Crippen LogP contribution >= 0.6 is 11.3 Å². The zero-order valence-corrected chi connectivity index (χ0v) is 14.5. The number of nitrogen functional groups attached to an aromatic ring is 1. The van der Waals surface area contributed by atoms with Crippen LogP contribution in [0.5, 0.6) is 0 Å². The average molecular weight is 340 g/mol. The summed E-state index contributed by atoms with van der Waals surface area (Å²) >= 11 is 1.65. The number of hydrogen-bond acceptors (Lipinski definition) is 6. The first-order valence-electron chi connectivity index (χ1n) is 8.12. The van der Waals surface area contributed by atoms with Gasteiger partial charge in [0.2, 0.25) is 5.95 Å². The third kappa shape index (κ3) is 3.13. The van der Waals surface area contributed by atoms with Crippen molar-refractivity contribution in [3.05, 3.63) is 40.8 Å². The molecule has 4 rings (SSSR count). The van der Waals surface area contributed by atoms with E-state index in [9.17, 15) is 0 Å². The Hall–Kier alpha value is -2.02. The van der Waals surface area contributed by atoms with E-state index in [1.807, 2.05) is 0 Å². The summed E-state index contributed by atoms with van der Waals surface area (Å²) in [5.41, 5.74) is 9.19. The molecule has 0 aliphatic carbocycles. The second-order valence-corrected chi connectivity index (χ2v) is 7.33. The molecule has 0 radical (unpaired) electrons. The van der Waals surface area contributed by atoms with Gasteiger partial charge in [0, 0.05) is 35.5 Å². The van der Waals surface area contributed by atoms with Crippen LogP contribution in [0.2, 0.25) is 0 Å². The number of nitrogens with zero attached hydrogens (tertiary/aromatic N) is 3. The maximum absolute atomic E-state index is 5.89. The Morgan fingerprint density at radius 1 is 1.17 bits per heavy atom. The number of ether oxygens (including phenoxy) is 1. The van der Waals surface area contributed by atoms with Crippen molar-refractivity contribution in [2.45, 2.75) is 13.5 Å². The number of thiophene rings is 1. The smallest absolute Gasteiger partial charge is 0.221 e. The zero-order chi connectivity index (χ0) is 16.5. The predicted octanol–water partition coefficient (Wildman–Crippen LogP) is 3.08. The van der Waals surface area contributed by atoms with Crippen molar-refractivity contribution >= 4 is 27.5 Å². The summed E-state index contributed by atoms with van der Waals surface area (Å²) < 4.78 is 5.40. The van der Waals surface area contributed by atoms with E-state index in [-0.39, 0.29) is 0 Å². The largest absolute Gasteiger partial charge is 0.379 e. The molecule has 0 saturated carbocycles. The highest BCUT2D eigenvalue weighted by Gasteiger charge is 2.13. The van der Waals surface area contributed by atoms with E-state index in [1.54, 1.807) is 11.3 Å². The van der Waals surface area contributed by atoms with Gasteiger partial charge in [-0.25, -0.2) is 9.97 Å². The Labute approximate surface area is 145 Å². The number of morpholine rings is 1. The molecular weight excluding hydrogens is 320 g/mol. The van der Waals surface area contributed by atoms with E-state index in [0.717, 1.165) is 54.3 Å². The van der Waals surface area contributed by atoms with Gasteiger partial charge in [-0.05, 0) is 18.6 Å². The number of aryl methyl sites for hydroxylation is 1. The zero-order valence-electron chi connectivity index (χ0n) is 13.7. The summed E-state index contributed by atoms with van der Waals surface area (Å²) in [6.45, 7) is 6.69. The summed E-state index contributed by atoms with van der Waals surface area (Å²) in [6, 6.07) is 10.7. The Bertz CT molecular complexity index is 853. The summed E-state index contributed by atoms with van der Waals surface area (Å²) in [6.07, 6.45) is 0. The topological polar surface area (TPSA) is 64.3 Å². The van der Waals surface area contributed by atoms with Gasteiger partial charge in [0.1, 0.15) is 4.83 Å². The van der Waals surface area contributed by atoms with Gasteiger partial charge < -0.3 is 10.5 Å². The quantitative estimate of drug-likeness (QED) is 0.794. The minimum absolute atomic E-state index is 0.330. The number of benzene rings is 1. The molecule has 3 aromatic rings. The maximum Gasteiger partial charge on any atom is 0.221 e. The Morgan fingerprint density at radius 3 is 2.67 bits per heavy atom. The van der Waals surface area contributed by atoms with Gasteiger partial charge in [0.25, 0.3) is 0 Å². The lowest BCUT2D eigenvalue weighted by Crippen LogP contribution is -2.35. The van der Waals surface area contributed by atoms with Crippen molar-refractivity contribution < 1.29 is 4.74 Å². The molecule has 1 aliphatic heterocycles. The molecule has 2 aromatic heterocycles. The van der Waals surface area contributed by atoms with Crippen LogP contribution in [0.25, 0.3) is 21.5 Å². The average Bonchev–Trinajstić information content (AvgIpc) is 2.96. The normalized spacial score (nSPS) is 15.9. The molecule has 124 valence electrons. The highest BCUT2D eigenvalue weighted by atomic mass is 32.1. The lowest BCUT2D eigenvalue weighted by Gasteiger charge is -2.26. The standard InChI is InChI=1S/C18H20N4OS/c1-12-10-15-16(20-18(19)21-17(15)24-12)14-4-2-13(3-5-14)11-22-6-8-23-9-7-22/h2-5,10H,6-9,11H2,1H3,(H2,19,20,21). The van der Waals surface area contributed by atoms with Crippen molar-refractivity contribution in [3.8, 4) is 11.3 Å². The highest BCUT2D eigenvalue weighted by molar-refractivity contribution is 7.18. The maximum atomic E-state index is 5.89. The first kappa shape index (κ1) is 15.5. The number of nitrogens with two attached hydrogens (primary N) is 1. The fraction of sp³-hybridized carbons (Fsp3) is 0.333. The molecule has 0 spiro atoms. The molecule has 0 amide bonds. The summed E-state index contributed by atoms with van der Waals surface area (Å²) in [4.78, 5) is 13.4. The number of rotatable bonds is 3. The number of anilines is 1. The van der Waals surface area contributed by atoms with Crippen molar-refractivity contribution in [2.24, 2.45) is 0 Å². The Morgan fingerprint density at radius 2 is 1.92 bits per heavy atom. The van der Waals surface area contributed by atoms with Gasteiger partial charge >= 0.3 is 0 Å². The van der Waals surface area contributed by atoms with E-state index < -0.39 is 0 Å². The minimum Gasteiger partial charge on any atom is -0.379 e. The molecule has 1 saturated heterocycles. The van der Waals surface area contributed by atoms with Crippen molar-refractivity contribution in [1.29, 1.82) is 0 Å². The first-order chi connectivity index (χ1) is 11.7. The fourth-order valence-electron chi connectivity index (χ4n) is 3.06. The number of hydrogen-bond donors (Lipinski definition) is 1. The molecule has 24 heavy (non-hydrogen) atoms. The molecule has 0 bridgehead atoms. The van der Waals surface area contributed by atoms with Gasteiger partial charge in [0.05, 0.1) is 18.9 Å². The Balaban J connectivity index is 1.63. The summed E-state index contributed by atoms with van der Waals surface area (Å²) in [5, 5.41) is 1.08. The van der Waals surface area contributed by atoms with Crippen LogP contribution < -0.4 is 5.73 Å². The van der Waals surface area contributed by atoms with Crippen LogP contribution in [0, 0.1) is 6.92 Å². The monoisotopic (exact) mass is 340 g/mol. The number of aromatic nitrogens is 2. The van der Waals surface area contributed by atoms with Crippen LogP contribution in [-0.4, -0.2) is 41.2 Å². The summed E-state index contributed by atoms with van der Waals surface area (Å²) in [7, 11) is 0. The number of fused-ring (bicyclic) bond motifs is 1. The highest BCUT2D eigenvalue weighted by Crippen LogP contribution is 2.32. The fourth-order valence-corrected chi connectivity index (χ4v) is 3.95. The van der Waals surface area contributed by atoms with Crippen LogP contribution in [0.15, 0.2) is 30.3 Å². The molecule has 3 heterocycles. The van der Waals surface area contributed by atoms with Gasteiger partial charge in [-0.15, -0.1) is 11.3 Å². The second-order valence-electron chi connectivity index (χ2n) is 6.09. The van der Waals surface area contributed by atoms with Crippen LogP contribution in [0.4, 0.5) is 5.95 Å².